The summed E-state index contributed by atoms with van der Waals surface area (Å²) in [6, 6.07) is 18.0. The van der Waals surface area contributed by atoms with Gasteiger partial charge >= 0.3 is 0 Å². The van der Waals surface area contributed by atoms with Crippen molar-refractivity contribution in [2.45, 2.75) is 32.0 Å². The molecule has 0 amide bonds. The first kappa shape index (κ1) is 13.2. The van der Waals surface area contributed by atoms with E-state index in [0.29, 0.717) is 12.2 Å². The minimum absolute atomic E-state index is 0.418. The Balaban J connectivity index is 1.82. The minimum atomic E-state index is 0.418. The first-order chi connectivity index (χ1) is 10.3. The summed E-state index contributed by atoms with van der Waals surface area (Å²) < 4.78 is 1.14. The van der Waals surface area contributed by atoms with Gasteiger partial charge in [-0.15, -0.1) is 0 Å². The molecule has 2 aliphatic rings. The Kier molecular flexibility index (Phi) is 3.18. The molecule has 2 aromatic carbocycles. The zero-order valence-corrected chi connectivity index (χ0v) is 13.8. The van der Waals surface area contributed by atoms with Crippen LogP contribution in [0, 0.1) is 0 Å². The summed E-state index contributed by atoms with van der Waals surface area (Å²) >= 11 is 3.54. The summed E-state index contributed by atoms with van der Waals surface area (Å²) in [5.74, 6) is 0. The Hall–Kier alpha value is -1.48. The molecule has 21 heavy (non-hydrogen) atoms. The van der Waals surface area contributed by atoms with Crippen molar-refractivity contribution in [3.63, 3.8) is 0 Å². The second-order valence-corrected chi connectivity index (χ2v) is 6.85. The van der Waals surface area contributed by atoms with Crippen molar-refractivity contribution in [3.05, 3.63) is 58.6 Å². The Bertz CT molecular complexity index is 653. The topological polar surface area (TPSA) is 6.48 Å². The van der Waals surface area contributed by atoms with E-state index in [0.717, 1.165) is 4.47 Å². The molecule has 2 aliphatic heterocycles. The number of rotatable bonds is 1. The number of nitrogens with zero attached hydrogens (tertiary/aromatic N) is 2. The highest BCUT2D eigenvalue weighted by Crippen LogP contribution is 2.44. The van der Waals surface area contributed by atoms with E-state index in [4.69, 9.17) is 0 Å². The highest BCUT2D eigenvalue weighted by Gasteiger charge is 2.39. The second kappa shape index (κ2) is 5.06. The highest BCUT2D eigenvalue weighted by molar-refractivity contribution is 9.10. The SMILES string of the molecule is CC1c2ccccc2N2CCCC2N1c1ccc(Br)cc1. The Morgan fingerprint density at radius 1 is 1.05 bits per heavy atom. The van der Waals surface area contributed by atoms with Gasteiger partial charge in [-0.3, -0.25) is 0 Å². The normalized spacial score (nSPS) is 23.9. The average Bonchev–Trinajstić information content (AvgIpc) is 2.99. The van der Waals surface area contributed by atoms with Crippen LogP contribution in [0.1, 0.15) is 31.4 Å². The maximum Gasteiger partial charge on any atom is 0.102 e. The summed E-state index contributed by atoms with van der Waals surface area (Å²) in [6.07, 6.45) is 3.02. The summed E-state index contributed by atoms with van der Waals surface area (Å²) in [5.41, 5.74) is 4.19. The van der Waals surface area contributed by atoms with E-state index in [1.54, 1.807) is 0 Å². The lowest BCUT2D eigenvalue weighted by Gasteiger charge is -2.47. The van der Waals surface area contributed by atoms with Crippen molar-refractivity contribution in [1.82, 2.24) is 0 Å². The third-order valence-corrected chi connectivity index (χ3v) is 5.31. The molecule has 2 atom stereocenters. The highest BCUT2D eigenvalue weighted by atomic mass is 79.9. The molecule has 108 valence electrons. The molecule has 0 aliphatic carbocycles. The van der Waals surface area contributed by atoms with Crippen molar-refractivity contribution in [1.29, 1.82) is 0 Å². The third kappa shape index (κ3) is 2.06. The number of hydrogen-bond donors (Lipinski definition) is 0. The average molecular weight is 343 g/mol. The lowest BCUT2D eigenvalue weighted by molar-refractivity contribution is 0.520. The van der Waals surface area contributed by atoms with Gasteiger partial charge in [-0.1, -0.05) is 34.1 Å². The summed E-state index contributed by atoms with van der Waals surface area (Å²) in [5, 5.41) is 0. The Morgan fingerprint density at radius 2 is 1.81 bits per heavy atom. The van der Waals surface area contributed by atoms with Crippen LogP contribution in [0.2, 0.25) is 0 Å². The fourth-order valence-electron chi connectivity index (χ4n) is 3.84. The first-order valence-corrected chi connectivity index (χ1v) is 8.44. The monoisotopic (exact) mass is 342 g/mol. The Labute approximate surface area is 134 Å². The molecule has 2 unspecified atom stereocenters. The summed E-state index contributed by atoms with van der Waals surface area (Å²) in [4.78, 5) is 5.17. The van der Waals surface area contributed by atoms with Crippen LogP contribution in [0.5, 0.6) is 0 Å². The smallest absolute Gasteiger partial charge is 0.102 e. The molecule has 0 spiro atoms. The van der Waals surface area contributed by atoms with E-state index in [1.807, 2.05) is 0 Å². The lowest BCUT2D eigenvalue weighted by Crippen LogP contribution is -2.50. The molecule has 2 aromatic rings. The van der Waals surface area contributed by atoms with Crippen LogP contribution in [-0.2, 0) is 0 Å². The van der Waals surface area contributed by atoms with E-state index in [-0.39, 0.29) is 0 Å². The molecule has 0 radical (unpaired) electrons. The van der Waals surface area contributed by atoms with Gasteiger partial charge in [0.1, 0.15) is 6.17 Å². The predicted molar refractivity (Wildman–Crippen MR) is 91.8 cm³/mol. The molecule has 1 saturated heterocycles. The van der Waals surface area contributed by atoms with E-state index >= 15 is 0 Å². The fourth-order valence-corrected chi connectivity index (χ4v) is 4.10. The fraction of sp³-hybridized carbons (Fsp3) is 0.333. The molecule has 3 heteroatoms. The number of benzene rings is 2. The van der Waals surface area contributed by atoms with Gasteiger partial charge in [0.15, 0.2) is 0 Å². The maximum atomic E-state index is 3.54. The number of hydrogen-bond acceptors (Lipinski definition) is 2. The third-order valence-electron chi connectivity index (χ3n) is 4.78. The molecule has 1 fully saturated rings. The van der Waals surface area contributed by atoms with Crippen LogP contribution in [0.25, 0.3) is 0 Å². The molecule has 0 aromatic heterocycles. The lowest BCUT2D eigenvalue weighted by atomic mass is 9.98. The van der Waals surface area contributed by atoms with E-state index in [2.05, 4.69) is 81.2 Å². The predicted octanol–water partition coefficient (Wildman–Crippen LogP) is 4.96. The maximum absolute atomic E-state index is 3.54. The van der Waals surface area contributed by atoms with E-state index in [9.17, 15) is 0 Å². The van der Waals surface area contributed by atoms with Gasteiger partial charge in [-0.2, -0.15) is 0 Å². The molecular weight excluding hydrogens is 324 g/mol. The molecular formula is C18H19BrN2. The summed E-state index contributed by atoms with van der Waals surface area (Å²) in [6.45, 7) is 3.50. The van der Waals surface area contributed by atoms with Gasteiger partial charge in [-0.05, 0) is 55.7 Å². The van der Waals surface area contributed by atoms with Gasteiger partial charge in [0, 0.05) is 22.4 Å². The van der Waals surface area contributed by atoms with Gasteiger partial charge in [0.2, 0.25) is 0 Å². The van der Waals surface area contributed by atoms with Crippen LogP contribution < -0.4 is 9.80 Å². The van der Waals surface area contributed by atoms with Gasteiger partial charge in [-0.25, -0.2) is 0 Å². The van der Waals surface area contributed by atoms with E-state index < -0.39 is 0 Å². The molecule has 4 rings (SSSR count). The van der Waals surface area contributed by atoms with Crippen molar-refractivity contribution in [2.24, 2.45) is 0 Å². The van der Waals surface area contributed by atoms with Gasteiger partial charge in [0.25, 0.3) is 0 Å². The zero-order chi connectivity index (χ0) is 14.4. The van der Waals surface area contributed by atoms with Gasteiger partial charge in [0.05, 0.1) is 6.04 Å². The van der Waals surface area contributed by atoms with Crippen molar-refractivity contribution in [3.8, 4) is 0 Å². The first-order valence-electron chi connectivity index (χ1n) is 7.65. The quantitative estimate of drug-likeness (QED) is 0.722. The number of fused-ring (bicyclic) bond motifs is 3. The zero-order valence-electron chi connectivity index (χ0n) is 12.2. The Morgan fingerprint density at radius 3 is 2.62 bits per heavy atom. The van der Waals surface area contributed by atoms with Crippen LogP contribution in [-0.4, -0.2) is 12.7 Å². The van der Waals surface area contributed by atoms with Crippen LogP contribution in [0.15, 0.2) is 53.0 Å². The van der Waals surface area contributed by atoms with Crippen molar-refractivity contribution in [2.75, 3.05) is 16.3 Å². The number of halogens is 1. The van der Waals surface area contributed by atoms with Crippen LogP contribution in [0.4, 0.5) is 11.4 Å². The van der Waals surface area contributed by atoms with Crippen LogP contribution >= 0.6 is 15.9 Å². The van der Waals surface area contributed by atoms with Crippen molar-refractivity contribution < 1.29 is 0 Å². The molecule has 2 nitrogen and oxygen atoms in total. The second-order valence-electron chi connectivity index (χ2n) is 5.93. The molecule has 0 N–H and O–H groups in total. The standard InChI is InChI=1S/C18H19BrN2/c1-13-16-5-2-3-6-17(16)20-12-4-7-18(20)21(13)15-10-8-14(19)9-11-15/h2-3,5-6,8-11,13,18H,4,7,12H2,1H3. The molecule has 0 saturated carbocycles. The minimum Gasteiger partial charge on any atom is -0.351 e. The largest absolute Gasteiger partial charge is 0.351 e. The van der Waals surface area contributed by atoms with Crippen LogP contribution in [0.3, 0.4) is 0 Å². The molecule has 2 heterocycles. The van der Waals surface area contributed by atoms with Crippen molar-refractivity contribution >= 4 is 27.3 Å². The van der Waals surface area contributed by atoms with E-state index in [1.165, 1.54) is 36.3 Å². The number of anilines is 2. The number of para-hydroxylation sites is 1. The van der Waals surface area contributed by atoms with Gasteiger partial charge < -0.3 is 9.80 Å². The molecule has 0 bridgehead atoms. The summed E-state index contributed by atoms with van der Waals surface area (Å²) in [7, 11) is 0.